The molecule has 44 heavy (non-hydrogen) atoms. The van der Waals surface area contributed by atoms with Gasteiger partial charge in [0.05, 0.1) is 58.0 Å². The summed E-state index contributed by atoms with van der Waals surface area (Å²) in [6.45, 7) is 6.85. The van der Waals surface area contributed by atoms with Crippen molar-refractivity contribution in [2.24, 2.45) is 11.8 Å². The molecule has 0 heterocycles. The number of aliphatic hydroxyl groups is 2. The monoisotopic (exact) mass is 684 g/mol. The van der Waals surface area contributed by atoms with Gasteiger partial charge in [-0.1, -0.05) is 0 Å². The Balaban J connectivity index is 1.31. The molecule has 0 bridgehead atoms. The van der Waals surface area contributed by atoms with Crippen LogP contribution >= 0.6 is 47.0 Å². The van der Waals surface area contributed by atoms with E-state index in [-0.39, 0.29) is 0 Å². The third-order valence-corrected chi connectivity index (χ3v) is 11.3. The number of rotatable bonds is 18. The zero-order valence-electron chi connectivity index (χ0n) is 27.0. The Bertz CT molecular complexity index is 1200. The molecule has 2 unspecified atom stereocenters. The molecule has 8 N–H and O–H groups in total. The highest BCUT2D eigenvalue weighted by Crippen LogP contribution is 2.41. The molecule has 3 rings (SSSR count). The Morgan fingerprint density at radius 3 is 1.64 bits per heavy atom. The van der Waals surface area contributed by atoms with Crippen molar-refractivity contribution in [2.75, 3.05) is 86.6 Å². The Kier molecular flexibility index (Phi) is 16.0. The molecule has 2 aromatic rings. The summed E-state index contributed by atoms with van der Waals surface area (Å²) in [5.74, 6) is 1.01. The highest BCUT2D eigenvalue weighted by Gasteiger charge is 2.23. The van der Waals surface area contributed by atoms with Crippen LogP contribution in [0.25, 0.3) is 0 Å². The van der Waals surface area contributed by atoms with E-state index in [0.29, 0.717) is 51.4 Å². The van der Waals surface area contributed by atoms with E-state index in [9.17, 15) is 10.2 Å². The quantitative estimate of drug-likeness (QED) is 0.0762. The minimum absolute atomic E-state index is 0.304. The molecular formula is C32H52N4O4S4. The number of aliphatic hydroxyl groups excluding tert-OH is 2. The van der Waals surface area contributed by atoms with Crippen LogP contribution in [-0.4, -0.2) is 87.0 Å². The molecule has 0 radical (unpaired) electrons. The summed E-state index contributed by atoms with van der Waals surface area (Å²) in [5.41, 5.74) is 18.4. The second kappa shape index (κ2) is 18.9. The lowest BCUT2D eigenvalue weighted by Crippen LogP contribution is -2.29. The van der Waals surface area contributed by atoms with Gasteiger partial charge in [-0.3, -0.25) is 0 Å². The van der Waals surface area contributed by atoms with Crippen LogP contribution in [0.2, 0.25) is 0 Å². The smallest absolute Gasteiger partial charge is 0.0945 e. The first-order valence-electron chi connectivity index (χ1n) is 15.1. The minimum atomic E-state index is -0.601. The second-order valence-electron chi connectivity index (χ2n) is 11.5. The van der Waals surface area contributed by atoms with Crippen LogP contribution in [-0.2, 0) is 9.47 Å². The van der Waals surface area contributed by atoms with Gasteiger partial charge < -0.3 is 41.8 Å². The van der Waals surface area contributed by atoms with Crippen molar-refractivity contribution in [2.45, 2.75) is 71.3 Å². The van der Waals surface area contributed by atoms with E-state index < -0.39 is 12.2 Å². The van der Waals surface area contributed by atoms with Gasteiger partial charge in [-0.25, -0.2) is 0 Å². The van der Waals surface area contributed by atoms with E-state index in [1.165, 1.54) is 0 Å². The second-order valence-corrected chi connectivity index (χ2v) is 14.8. The average molecular weight is 685 g/mol. The topological polar surface area (TPSA) is 135 Å². The third-order valence-electron chi connectivity index (χ3n) is 8.14. The molecule has 1 aliphatic carbocycles. The number of nitrogens with two attached hydrogens (primary N) is 2. The van der Waals surface area contributed by atoms with Gasteiger partial charge in [-0.05, 0) is 99.6 Å². The number of hydrogen-bond acceptors (Lipinski definition) is 12. The van der Waals surface area contributed by atoms with Crippen molar-refractivity contribution < 1.29 is 19.7 Å². The Morgan fingerprint density at radius 2 is 1.16 bits per heavy atom. The summed E-state index contributed by atoms with van der Waals surface area (Å²) < 4.78 is 11.9. The van der Waals surface area contributed by atoms with E-state index in [1.54, 1.807) is 47.0 Å². The number of nitrogen functional groups attached to an aromatic ring is 2. The molecule has 0 aliphatic heterocycles. The van der Waals surface area contributed by atoms with Crippen LogP contribution in [0.15, 0.2) is 31.7 Å². The molecule has 0 saturated heterocycles. The van der Waals surface area contributed by atoms with Gasteiger partial charge in [-0.15, -0.1) is 47.0 Å². The Labute approximate surface area is 281 Å². The maximum absolute atomic E-state index is 10.6. The first-order chi connectivity index (χ1) is 21.1. The standard InChI is InChI=1S/C32H52N4O4S4/c1-19-11-26(42-4)30(31(43-5)27(19)33)36-14-24(38)18-40-16-22-9-7-21(8-10-22)15-39-17-23(37)13-35-29-20(2)12-25(41-3)28(34)32(29)44-6/h11-12,21-24,35-38H,7-10,13-18,33-34H2,1-6H3. The van der Waals surface area contributed by atoms with E-state index in [2.05, 4.69) is 29.7 Å². The largest absolute Gasteiger partial charge is 0.398 e. The molecule has 12 heteroatoms. The number of aryl methyl sites for hydroxylation is 2. The first-order valence-corrected chi connectivity index (χ1v) is 20.0. The Hall–Kier alpha value is -1.12. The number of anilines is 4. The van der Waals surface area contributed by atoms with Crippen LogP contribution in [0.5, 0.6) is 0 Å². The van der Waals surface area contributed by atoms with Crippen molar-refractivity contribution >= 4 is 69.8 Å². The average Bonchev–Trinajstić information content (AvgIpc) is 3.02. The molecule has 0 amide bonds. The predicted molar refractivity (Wildman–Crippen MR) is 194 cm³/mol. The molecule has 2 atom stereocenters. The van der Waals surface area contributed by atoms with Crippen LogP contribution < -0.4 is 22.1 Å². The minimum Gasteiger partial charge on any atom is -0.398 e. The summed E-state index contributed by atoms with van der Waals surface area (Å²) in [4.78, 5) is 4.25. The van der Waals surface area contributed by atoms with Crippen LogP contribution in [0.4, 0.5) is 22.7 Å². The number of benzene rings is 2. The molecule has 248 valence electrons. The van der Waals surface area contributed by atoms with Crippen molar-refractivity contribution in [3.8, 4) is 0 Å². The maximum Gasteiger partial charge on any atom is 0.0945 e. The molecule has 1 saturated carbocycles. The van der Waals surface area contributed by atoms with E-state index >= 15 is 0 Å². The lowest BCUT2D eigenvalue weighted by molar-refractivity contribution is 0.000965. The maximum atomic E-state index is 10.6. The van der Waals surface area contributed by atoms with Crippen molar-refractivity contribution in [3.63, 3.8) is 0 Å². The molecule has 0 aromatic heterocycles. The van der Waals surface area contributed by atoms with Gasteiger partial charge in [-0.2, -0.15) is 0 Å². The van der Waals surface area contributed by atoms with Gasteiger partial charge in [0.1, 0.15) is 0 Å². The van der Waals surface area contributed by atoms with Gasteiger partial charge in [0.15, 0.2) is 0 Å². The summed E-state index contributed by atoms with van der Waals surface area (Å²) in [6, 6.07) is 4.19. The normalized spacial score (nSPS) is 18.3. The zero-order valence-corrected chi connectivity index (χ0v) is 30.3. The summed E-state index contributed by atoms with van der Waals surface area (Å²) in [5, 5.41) is 27.9. The predicted octanol–water partition coefficient (Wildman–Crippen LogP) is 6.44. The van der Waals surface area contributed by atoms with E-state index in [4.69, 9.17) is 20.9 Å². The van der Waals surface area contributed by atoms with Gasteiger partial charge in [0, 0.05) is 36.1 Å². The number of nitrogens with one attached hydrogen (secondary N) is 2. The summed E-state index contributed by atoms with van der Waals surface area (Å²) in [7, 11) is 0. The fraction of sp³-hybridized carbons (Fsp3) is 0.625. The number of thioether (sulfide) groups is 4. The molecule has 8 nitrogen and oxygen atoms in total. The van der Waals surface area contributed by atoms with Gasteiger partial charge >= 0.3 is 0 Å². The Morgan fingerprint density at radius 1 is 0.705 bits per heavy atom. The number of ether oxygens (including phenoxy) is 2. The molecule has 0 spiro atoms. The molecule has 1 aliphatic rings. The highest BCUT2D eigenvalue weighted by molar-refractivity contribution is 8.00. The summed E-state index contributed by atoms with van der Waals surface area (Å²) in [6.07, 6.45) is 11.3. The molecule has 2 aromatic carbocycles. The first kappa shape index (κ1) is 37.3. The zero-order chi connectivity index (χ0) is 32.2. The van der Waals surface area contributed by atoms with Crippen molar-refractivity contribution in [1.29, 1.82) is 0 Å². The van der Waals surface area contributed by atoms with Gasteiger partial charge in [0.25, 0.3) is 0 Å². The molecular weight excluding hydrogens is 633 g/mol. The van der Waals surface area contributed by atoms with E-state index in [0.717, 1.165) is 79.1 Å². The SMILES string of the molecule is CSc1cc(C)c(NCC(O)COCC2CCC(COCC(O)CNc3c(SC)cc(C)c(N)c3SC)CC2)c(SC)c1N. The van der Waals surface area contributed by atoms with E-state index in [1.807, 2.05) is 31.9 Å². The highest BCUT2D eigenvalue weighted by atomic mass is 32.2. The lowest BCUT2D eigenvalue weighted by atomic mass is 9.83. The fourth-order valence-corrected chi connectivity index (χ4v) is 8.50. The summed E-state index contributed by atoms with van der Waals surface area (Å²) >= 11 is 6.56. The molecule has 1 fully saturated rings. The van der Waals surface area contributed by atoms with Crippen LogP contribution in [0, 0.1) is 25.7 Å². The van der Waals surface area contributed by atoms with Crippen molar-refractivity contribution in [1.82, 2.24) is 0 Å². The fourth-order valence-electron chi connectivity index (χ4n) is 5.55. The number of hydrogen-bond donors (Lipinski definition) is 6. The third kappa shape index (κ3) is 10.4. The van der Waals surface area contributed by atoms with Crippen LogP contribution in [0.1, 0.15) is 36.8 Å². The lowest BCUT2D eigenvalue weighted by Gasteiger charge is -2.29. The van der Waals surface area contributed by atoms with Crippen LogP contribution in [0.3, 0.4) is 0 Å². The van der Waals surface area contributed by atoms with Gasteiger partial charge in [0.2, 0.25) is 0 Å². The van der Waals surface area contributed by atoms with Crippen molar-refractivity contribution in [3.05, 3.63) is 23.3 Å².